The Hall–Kier alpha value is -2.63. The van der Waals surface area contributed by atoms with Crippen LogP contribution in [0.1, 0.15) is 5.56 Å². The number of nitrogens with one attached hydrogen (secondary N) is 1. The van der Waals surface area contributed by atoms with E-state index < -0.39 is 5.69 Å². The highest BCUT2D eigenvalue weighted by atomic mass is 16.2. The highest BCUT2D eigenvalue weighted by Crippen LogP contribution is 2.07. The lowest BCUT2D eigenvalue weighted by Gasteiger charge is -2.05. The topological polar surface area (TPSA) is 72.2 Å². The molecule has 0 saturated heterocycles. The van der Waals surface area contributed by atoms with Crippen LogP contribution in [0.2, 0.25) is 0 Å². The minimum atomic E-state index is -0.418. The molecule has 18 heavy (non-hydrogen) atoms. The zero-order chi connectivity index (χ0) is 12.7. The number of rotatable bonds is 1. The fraction of sp³-hybridized carbons (Fsp3) is 0.0833. The van der Waals surface area contributed by atoms with Gasteiger partial charge in [-0.3, -0.25) is 9.36 Å². The van der Waals surface area contributed by atoms with Crippen LogP contribution in [-0.2, 0) is 0 Å². The number of hydrogen-bond donors (Lipinski definition) is 1. The van der Waals surface area contributed by atoms with Crippen LogP contribution in [0.4, 0.5) is 0 Å². The molecular weight excluding hydrogens is 232 g/mol. The minimum Gasteiger partial charge on any atom is -0.280 e. The van der Waals surface area contributed by atoms with Gasteiger partial charge in [0.1, 0.15) is 0 Å². The first-order valence-electron chi connectivity index (χ1n) is 5.42. The summed E-state index contributed by atoms with van der Waals surface area (Å²) in [6, 6.07) is 7.54. The van der Waals surface area contributed by atoms with Gasteiger partial charge in [-0.25, -0.2) is 14.3 Å². The predicted molar refractivity (Wildman–Crippen MR) is 66.1 cm³/mol. The van der Waals surface area contributed by atoms with Crippen molar-refractivity contribution in [2.45, 2.75) is 6.92 Å². The highest BCUT2D eigenvalue weighted by molar-refractivity contribution is 5.41. The van der Waals surface area contributed by atoms with Crippen molar-refractivity contribution >= 4 is 5.65 Å². The van der Waals surface area contributed by atoms with E-state index in [1.807, 2.05) is 31.2 Å². The van der Waals surface area contributed by atoms with E-state index in [1.54, 1.807) is 6.20 Å². The molecule has 0 aliphatic rings. The van der Waals surface area contributed by atoms with Gasteiger partial charge in [-0.05, 0) is 24.6 Å². The molecule has 0 aliphatic heterocycles. The lowest BCUT2D eigenvalue weighted by atomic mass is 10.2. The Kier molecular flexibility index (Phi) is 2.16. The quantitative estimate of drug-likeness (QED) is 0.674. The average Bonchev–Trinajstić information content (AvgIpc) is 2.73. The molecule has 0 aliphatic carbocycles. The van der Waals surface area contributed by atoms with Crippen molar-refractivity contribution < 1.29 is 0 Å². The first kappa shape index (κ1) is 10.5. The van der Waals surface area contributed by atoms with Crippen molar-refractivity contribution in [3.63, 3.8) is 0 Å². The molecular formula is C12H10N4O2. The molecule has 1 aromatic carbocycles. The third kappa shape index (κ3) is 1.46. The molecule has 2 aromatic heterocycles. The maximum atomic E-state index is 12.2. The summed E-state index contributed by atoms with van der Waals surface area (Å²) in [5.74, 6) is 0. The lowest BCUT2D eigenvalue weighted by molar-refractivity contribution is 0.938. The van der Waals surface area contributed by atoms with Crippen molar-refractivity contribution in [2.75, 3.05) is 0 Å². The van der Waals surface area contributed by atoms with E-state index in [0.717, 1.165) is 11.3 Å². The lowest BCUT2D eigenvalue weighted by Crippen LogP contribution is -2.22. The van der Waals surface area contributed by atoms with Crippen LogP contribution in [0.5, 0.6) is 0 Å². The standard InChI is InChI=1S/C12H10N4O2/c1-8-3-2-4-9(7-8)15-5-6-16-10(11(15)17)13-14-12(16)18/h2-7H,1H3,(H,14,18). The first-order valence-corrected chi connectivity index (χ1v) is 5.42. The predicted octanol–water partition coefficient (Wildman–Crippen LogP) is 0.482. The molecule has 0 atom stereocenters. The van der Waals surface area contributed by atoms with E-state index in [-0.39, 0.29) is 11.2 Å². The van der Waals surface area contributed by atoms with Crippen molar-refractivity contribution in [2.24, 2.45) is 0 Å². The summed E-state index contributed by atoms with van der Waals surface area (Å²) in [5, 5.41) is 5.97. The van der Waals surface area contributed by atoms with Gasteiger partial charge in [0.05, 0.1) is 0 Å². The van der Waals surface area contributed by atoms with Crippen LogP contribution in [0.3, 0.4) is 0 Å². The summed E-state index contributed by atoms with van der Waals surface area (Å²) in [5.41, 5.74) is 1.14. The normalized spacial score (nSPS) is 10.9. The van der Waals surface area contributed by atoms with Gasteiger partial charge in [-0.1, -0.05) is 12.1 Å². The van der Waals surface area contributed by atoms with E-state index in [4.69, 9.17) is 0 Å². The average molecular weight is 242 g/mol. The number of hydrogen-bond acceptors (Lipinski definition) is 3. The maximum absolute atomic E-state index is 12.2. The number of aromatic nitrogens is 4. The van der Waals surface area contributed by atoms with E-state index in [1.165, 1.54) is 15.2 Å². The number of fused-ring (bicyclic) bond motifs is 1. The SMILES string of the molecule is Cc1cccc(-n2ccn3c(=O)[nH]nc3c2=O)c1. The van der Waals surface area contributed by atoms with Gasteiger partial charge in [-0.2, -0.15) is 0 Å². The Bertz CT molecular complexity index is 841. The van der Waals surface area contributed by atoms with Gasteiger partial charge in [0.15, 0.2) is 0 Å². The van der Waals surface area contributed by atoms with Crippen LogP contribution in [0.15, 0.2) is 46.2 Å². The molecule has 0 saturated carbocycles. The van der Waals surface area contributed by atoms with Crippen molar-refractivity contribution in [1.82, 2.24) is 19.2 Å². The Morgan fingerprint density at radius 2 is 2.06 bits per heavy atom. The van der Waals surface area contributed by atoms with Crippen LogP contribution < -0.4 is 11.2 Å². The summed E-state index contributed by atoms with van der Waals surface area (Å²) in [6.07, 6.45) is 3.08. The van der Waals surface area contributed by atoms with Gasteiger partial charge in [-0.15, -0.1) is 5.10 Å². The van der Waals surface area contributed by atoms with Gasteiger partial charge in [0.25, 0.3) is 0 Å². The van der Waals surface area contributed by atoms with Gasteiger partial charge < -0.3 is 0 Å². The molecule has 0 spiro atoms. The number of nitrogens with zero attached hydrogens (tertiary/aromatic N) is 3. The molecule has 0 amide bonds. The van der Waals surface area contributed by atoms with Gasteiger partial charge in [0, 0.05) is 18.1 Å². The Morgan fingerprint density at radius 1 is 1.22 bits per heavy atom. The first-order chi connectivity index (χ1) is 8.66. The zero-order valence-corrected chi connectivity index (χ0v) is 9.62. The van der Waals surface area contributed by atoms with Gasteiger partial charge in [0.2, 0.25) is 5.65 Å². The largest absolute Gasteiger partial charge is 0.347 e. The molecule has 1 N–H and O–H groups in total. The maximum Gasteiger partial charge on any atom is 0.347 e. The monoisotopic (exact) mass is 242 g/mol. The van der Waals surface area contributed by atoms with Crippen LogP contribution in [-0.4, -0.2) is 19.2 Å². The zero-order valence-electron chi connectivity index (χ0n) is 9.62. The highest BCUT2D eigenvalue weighted by Gasteiger charge is 2.08. The van der Waals surface area contributed by atoms with Crippen molar-refractivity contribution in [3.8, 4) is 5.69 Å². The summed E-state index contributed by atoms with van der Waals surface area (Å²) in [7, 11) is 0. The Balaban J connectivity index is 2.34. The van der Waals surface area contributed by atoms with E-state index in [2.05, 4.69) is 10.2 Å². The molecule has 3 rings (SSSR count). The summed E-state index contributed by atoms with van der Waals surface area (Å²) in [6.45, 7) is 1.95. The summed E-state index contributed by atoms with van der Waals surface area (Å²) < 4.78 is 2.65. The van der Waals surface area contributed by atoms with E-state index >= 15 is 0 Å². The number of aryl methyl sites for hydroxylation is 1. The molecule has 6 nitrogen and oxygen atoms in total. The fourth-order valence-corrected chi connectivity index (χ4v) is 1.88. The number of benzene rings is 1. The van der Waals surface area contributed by atoms with E-state index in [9.17, 15) is 9.59 Å². The summed E-state index contributed by atoms with van der Waals surface area (Å²) >= 11 is 0. The van der Waals surface area contributed by atoms with Gasteiger partial charge >= 0.3 is 11.2 Å². The smallest absolute Gasteiger partial charge is 0.280 e. The van der Waals surface area contributed by atoms with E-state index in [0.29, 0.717) is 0 Å². The molecule has 0 radical (unpaired) electrons. The second kappa shape index (κ2) is 3.69. The summed E-state index contributed by atoms with van der Waals surface area (Å²) in [4.78, 5) is 23.5. The number of H-pyrrole nitrogens is 1. The second-order valence-electron chi connectivity index (χ2n) is 4.03. The minimum absolute atomic E-state index is 0.0870. The van der Waals surface area contributed by atoms with Crippen molar-refractivity contribution in [3.05, 3.63) is 63.1 Å². The van der Waals surface area contributed by atoms with Crippen LogP contribution in [0.25, 0.3) is 11.3 Å². The third-order valence-electron chi connectivity index (χ3n) is 2.76. The number of aromatic amines is 1. The second-order valence-corrected chi connectivity index (χ2v) is 4.03. The molecule has 0 bridgehead atoms. The van der Waals surface area contributed by atoms with Crippen LogP contribution in [0, 0.1) is 6.92 Å². The molecule has 0 unspecified atom stereocenters. The Labute approximate surface area is 101 Å². The molecule has 3 aromatic rings. The van der Waals surface area contributed by atoms with Crippen LogP contribution >= 0.6 is 0 Å². The molecule has 6 heteroatoms. The fourth-order valence-electron chi connectivity index (χ4n) is 1.88. The third-order valence-corrected chi connectivity index (χ3v) is 2.76. The van der Waals surface area contributed by atoms with Crippen molar-refractivity contribution in [1.29, 1.82) is 0 Å². The molecule has 90 valence electrons. The molecule has 2 heterocycles. The molecule has 0 fully saturated rings. The Morgan fingerprint density at radius 3 is 2.83 bits per heavy atom.